The van der Waals surface area contributed by atoms with Gasteiger partial charge in [0.15, 0.2) is 0 Å². The molecule has 110 valence electrons. The van der Waals surface area contributed by atoms with E-state index in [2.05, 4.69) is 13.8 Å². The van der Waals surface area contributed by atoms with E-state index < -0.39 is 0 Å². The van der Waals surface area contributed by atoms with E-state index >= 15 is 0 Å². The first-order valence-corrected chi connectivity index (χ1v) is 7.16. The molecular formula is C16H24N2O2. The summed E-state index contributed by atoms with van der Waals surface area (Å²) in [6, 6.07) is 5.23. The number of hydrogen-bond donors (Lipinski definition) is 1. The van der Waals surface area contributed by atoms with E-state index in [1.54, 1.807) is 25.3 Å². The Balaban J connectivity index is 2.15. The summed E-state index contributed by atoms with van der Waals surface area (Å²) in [6.07, 6.45) is 3.28. The van der Waals surface area contributed by atoms with Gasteiger partial charge in [0.05, 0.1) is 12.8 Å². The van der Waals surface area contributed by atoms with Gasteiger partial charge in [-0.25, -0.2) is 0 Å². The van der Waals surface area contributed by atoms with Crippen LogP contribution in [0.4, 0.5) is 5.69 Å². The van der Waals surface area contributed by atoms with Crippen molar-refractivity contribution in [3.05, 3.63) is 23.8 Å². The molecule has 0 radical (unpaired) electrons. The van der Waals surface area contributed by atoms with Crippen LogP contribution in [0.2, 0.25) is 0 Å². The van der Waals surface area contributed by atoms with Crippen molar-refractivity contribution < 1.29 is 9.53 Å². The first kappa shape index (κ1) is 14.7. The normalized spacial score (nSPS) is 18.4. The van der Waals surface area contributed by atoms with Crippen LogP contribution in [-0.4, -0.2) is 31.0 Å². The number of benzene rings is 1. The first-order valence-electron chi connectivity index (χ1n) is 7.16. The third-order valence-electron chi connectivity index (χ3n) is 4.11. The summed E-state index contributed by atoms with van der Waals surface area (Å²) in [5, 5.41) is 0. The maximum absolute atomic E-state index is 12.6. The highest BCUT2D eigenvalue weighted by Gasteiger charge is 2.26. The van der Waals surface area contributed by atoms with Gasteiger partial charge in [-0.2, -0.15) is 0 Å². The minimum absolute atomic E-state index is 0.0704. The molecule has 1 aliphatic rings. The smallest absolute Gasteiger partial charge is 0.253 e. The van der Waals surface area contributed by atoms with Crippen LogP contribution < -0.4 is 10.5 Å². The molecule has 0 aliphatic carbocycles. The highest BCUT2D eigenvalue weighted by molar-refractivity contribution is 5.95. The Hall–Kier alpha value is -1.71. The SMILES string of the molecule is COc1cc(C(=O)N2CCCC(C)(C)CC2)ccc1N. The van der Waals surface area contributed by atoms with E-state index in [0.29, 0.717) is 22.4 Å². The van der Waals surface area contributed by atoms with Gasteiger partial charge in [0, 0.05) is 18.7 Å². The van der Waals surface area contributed by atoms with E-state index in [1.807, 2.05) is 4.90 Å². The lowest BCUT2D eigenvalue weighted by Gasteiger charge is -2.23. The maximum Gasteiger partial charge on any atom is 0.253 e. The van der Waals surface area contributed by atoms with Crippen LogP contribution in [0.15, 0.2) is 18.2 Å². The standard InChI is InChI=1S/C16H24N2O2/c1-16(2)7-4-9-18(10-8-16)15(19)12-5-6-13(17)14(11-12)20-3/h5-6,11H,4,7-10,17H2,1-3H3. The van der Waals surface area contributed by atoms with E-state index in [1.165, 1.54) is 6.42 Å². The zero-order valence-electron chi connectivity index (χ0n) is 12.6. The molecule has 0 bridgehead atoms. The number of nitrogen functional groups attached to an aromatic ring is 1. The van der Waals surface area contributed by atoms with Crippen LogP contribution >= 0.6 is 0 Å². The van der Waals surface area contributed by atoms with E-state index in [4.69, 9.17) is 10.5 Å². The van der Waals surface area contributed by atoms with Crippen molar-refractivity contribution in [1.82, 2.24) is 4.90 Å². The minimum atomic E-state index is 0.0704. The number of methoxy groups -OCH3 is 1. The molecule has 4 nitrogen and oxygen atoms in total. The van der Waals surface area contributed by atoms with Gasteiger partial charge in [-0.1, -0.05) is 13.8 Å². The van der Waals surface area contributed by atoms with E-state index in [-0.39, 0.29) is 5.91 Å². The van der Waals surface area contributed by atoms with E-state index in [0.717, 1.165) is 25.9 Å². The van der Waals surface area contributed by atoms with Crippen molar-refractivity contribution in [3.63, 3.8) is 0 Å². The molecule has 1 aliphatic heterocycles. The van der Waals surface area contributed by atoms with Gasteiger partial charge in [0.25, 0.3) is 5.91 Å². The number of rotatable bonds is 2. The van der Waals surface area contributed by atoms with Gasteiger partial charge in [-0.15, -0.1) is 0 Å². The van der Waals surface area contributed by atoms with Crippen LogP contribution in [0.25, 0.3) is 0 Å². The highest BCUT2D eigenvalue weighted by atomic mass is 16.5. The van der Waals surface area contributed by atoms with Crippen LogP contribution in [0.1, 0.15) is 43.5 Å². The van der Waals surface area contributed by atoms with Crippen molar-refractivity contribution >= 4 is 11.6 Å². The number of carbonyl (C=O) groups is 1. The van der Waals surface area contributed by atoms with Crippen LogP contribution in [0.3, 0.4) is 0 Å². The molecule has 1 saturated heterocycles. The summed E-state index contributed by atoms with van der Waals surface area (Å²) in [4.78, 5) is 14.5. The molecular weight excluding hydrogens is 252 g/mol. The lowest BCUT2D eigenvalue weighted by molar-refractivity contribution is 0.0757. The van der Waals surface area contributed by atoms with Gasteiger partial charge in [0.2, 0.25) is 0 Å². The first-order chi connectivity index (χ1) is 9.43. The Labute approximate surface area is 120 Å². The number of anilines is 1. The quantitative estimate of drug-likeness (QED) is 0.845. The zero-order chi connectivity index (χ0) is 14.8. The molecule has 0 unspecified atom stereocenters. The maximum atomic E-state index is 12.6. The lowest BCUT2D eigenvalue weighted by atomic mass is 9.85. The topological polar surface area (TPSA) is 55.6 Å². The fourth-order valence-electron chi connectivity index (χ4n) is 2.65. The molecule has 1 heterocycles. The summed E-state index contributed by atoms with van der Waals surface area (Å²) in [7, 11) is 1.56. The molecule has 2 N–H and O–H groups in total. The van der Waals surface area contributed by atoms with Crippen molar-refractivity contribution in [2.45, 2.75) is 33.1 Å². The summed E-state index contributed by atoms with van der Waals surface area (Å²) in [5.74, 6) is 0.631. The molecule has 4 heteroatoms. The number of hydrogen-bond acceptors (Lipinski definition) is 3. The lowest BCUT2D eigenvalue weighted by Crippen LogP contribution is -2.32. The number of amides is 1. The third kappa shape index (κ3) is 3.24. The third-order valence-corrected chi connectivity index (χ3v) is 4.11. The summed E-state index contributed by atoms with van der Waals surface area (Å²) in [6.45, 7) is 6.19. The van der Waals surface area contributed by atoms with Crippen LogP contribution in [0.5, 0.6) is 5.75 Å². The molecule has 1 amide bonds. The molecule has 1 aromatic carbocycles. The minimum Gasteiger partial charge on any atom is -0.495 e. The zero-order valence-corrected chi connectivity index (χ0v) is 12.6. The largest absolute Gasteiger partial charge is 0.495 e. The Bertz CT molecular complexity index is 497. The summed E-state index contributed by atoms with van der Waals surface area (Å²) in [5.41, 5.74) is 7.32. The Kier molecular flexibility index (Phi) is 4.21. The molecule has 1 aromatic rings. The fraction of sp³-hybridized carbons (Fsp3) is 0.562. The molecule has 0 saturated carbocycles. The number of carbonyl (C=O) groups excluding carboxylic acids is 1. The Morgan fingerprint density at radius 1 is 1.30 bits per heavy atom. The second-order valence-corrected chi connectivity index (χ2v) is 6.27. The van der Waals surface area contributed by atoms with Gasteiger partial charge in [-0.3, -0.25) is 4.79 Å². The average Bonchev–Trinajstić information content (AvgIpc) is 2.59. The van der Waals surface area contributed by atoms with Gasteiger partial charge < -0.3 is 15.4 Å². The summed E-state index contributed by atoms with van der Waals surface area (Å²) < 4.78 is 5.19. The Morgan fingerprint density at radius 3 is 2.75 bits per heavy atom. The number of nitrogens with zero attached hydrogens (tertiary/aromatic N) is 1. The van der Waals surface area contributed by atoms with Crippen molar-refractivity contribution in [3.8, 4) is 5.75 Å². The van der Waals surface area contributed by atoms with Crippen LogP contribution in [0, 0.1) is 5.41 Å². The Morgan fingerprint density at radius 2 is 2.05 bits per heavy atom. The van der Waals surface area contributed by atoms with Gasteiger partial charge in [-0.05, 0) is 42.9 Å². The second-order valence-electron chi connectivity index (χ2n) is 6.27. The molecule has 2 rings (SSSR count). The molecule has 0 aromatic heterocycles. The van der Waals surface area contributed by atoms with Crippen LogP contribution in [-0.2, 0) is 0 Å². The molecule has 20 heavy (non-hydrogen) atoms. The van der Waals surface area contributed by atoms with Crippen molar-refractivity contribution in [2.24, 2.45) is 5.41 Å². The monoisotopic (exact) mass is 276 g/mol. The van der Waals surface area contributed by atoms with Gasteiger partial charge in [0.1, 0.15) is 5.75 Å². The van der Waals surface area contributed by atoms with Crippen molar-refractivity contribution in [2.75, 3.05) is 25.9 Å². The number of likely N-dealkylation sites (tertiary alicyclic amines) is 1. The fourth-order valence-corrected chi connectivity index (χ4v) is 2.65. The van der Waals surface area contributed by atoms with E-state index in [9.17, 15) is 4.79 Å². The predicted octanol–water partition coefficient (Wildman–Crippen LogP) is 2.93. The number of nitrogens with two attached hydrogens (primary N) is 1. The molecule has 0 spiro atoms. The molecule has 1 fully saturated rings. The summed E-state index contributed by atoms with van der Waals surface area (Å²) >= 11 is 0. The number of ether oxygens (including phenoxy) is 1. The van der Waals surface area contributed by atoms with Crippen molar-refractivity contribution in [1.29, 1.82) is 0 Å². The molecule has 0 atom stereocenters. The average molecular weight is 276 g/mol. The van der Waals surface area contributed by atoms with Gasteiger partial charge >= 0.3 is 0 Å². The second kappa shape index (κ2) is 5.73. The highest BCUT2D eigenvalue weighted by Crippen LogP contribution is 2.30. The predicted molar refractivity (Wildman–Crippen MR) is 80.9 cm³/mol.